The number of esters is 1. The van der Waals surface area contributed by atoms with Crippen LogP contribution in [0.4, 0.5) is 0 Å². The summed E-state index contributed by atoms with van der Waals surface area (Å²) < 4.78 is 4.77. The molecule has 0 aliphatic heterocycles. The van der Waals surface area contributed by atoms with E-state index in [2.05, 4.69) is 6.58 Å². The summed E-state index contributed by atoms with van der Waals surface area (Å²) in [6.45, 7) is 3.49. The van der Waals surface area contributed by atoms with Gasteiger partial charge in [0.25, 0.3) is 0 Å². The van der Waals surface area contributed by atoms with Crippen molar-refractivity contribution in [3.05, 3.63) is 53.1 Å². The third-order valence-corrected chi connectivity index (χ3v) is 2.22. The van der Waals surface area contributed by atoms with E-state index in [1.54, 1.807) is 30.3 Å². The summed E-state index contributed by atoms with van der Waals surface area (Å²) >= 11 is 5.91. The van der Waals surface area contributed by atoms with Crippen LogP contribution in [0.25, 0.3) is 6.08 Å². The second kappa shape index (κ2) is 6.51. The number of halogens is 1. The Labute approximate surface area is 105 Å². The van der Waals surface area contributed by atoms with Gasteiger partial charge in [-0.25, -0.2) is 4.79 Å². The van der Waals surface area contributed by atoms with Crippen LogP contribution in [0, 0.1) is 11.3 Å². The van der Waals surface area contributed by atoms with E-state index in [0.29, 0.717) is 10.6 Å². The fraction of sp³-hybridized carbons (Fsp3) is 0.0769. The predicted octanol–water partition coefficient (Wildman–Crippen LogP) is 2.98. The van der Waals surface area contributed by atoms with Gasteiger partial charge in [-0.3, -0.25) is 0 Å². The number of nitriles is 1. The van der Waals surface area contributed by atoms with Crippen molar-refractivity contribution in [2.75, 3.05) is 6.61 Å². The molecule has 86 valence electrons. The highest BCUT2D eigenvalue weighted by atomic mass is 35.5. The highest BCUT2D eigenvalue weighted by molar-refractivity contribution is 6.32. The first-order valence-corrected chi connectivity index (χ1v) is 5.21. The molecule has 0 aliphatic rings. The third-order valence-electron chi connectivity index (χ3n) is 1.88. The Bertz CT molecular complexity index is 500. The molecule has 0 fully saturated rings. The molecule has 17 heavy (non-hydrogen) atoms. The van der Waals surface area contributed by atoms with Crippen molar-refractivity contribution in [1.82, 2.24) is 0 Å². The Morgan fingerprint density at radius 1 is 1.53 bits per heavy atom. The summed E-state index contributed by atoms with van der Waals surface area (Å²) in [4.78, 5) is 11.4. The van der Waals surface area contributed by atoms with Gasteiger partial charge in [0.1, 0.15) is 18.2 Å². The lowest BCUT2D eigenvalue weighted by atomic mass is 10.1. The van der Waals surface area contributed by atoms with Crippen molar-refractivity contribution < 1.29 is 9.53 Å². The van der Waals surface area contributed by atoms with Crippen LogP contribution in [0.15, 0.2) is 42.5 Å². The van der Waals surface area contributed by atoms with Gasteiger partial charge in [0.15, 0.2) is 0 Å². The van der Waals surface area contributed by atoms with Crippen molar-refractivity contribution >= 4 is 23.6 Å². The number of rotatable bonds is 4. The molecule has 0 aromatic heterocycles. The van der Waals surface area contributed by atoms with Gasteiger partial charge in [-0.1, -0.05) is 42.5 Å². The van der Waals surface area contributed by atoms with E-state index in [4.69, 9.17) is 21.6 Å². The van der Waals surface area contributed by atoms with E-state index >= 15 is 0 Å². The smallest absolute Gasteiger partial charge is 0.349 e. The summed E-state index contributed by atoms with van der Waals surface area (Å²) in [6, 6.07) is 8.70. The lowest BCUT2D eigenvalue weighted by Gasteiger charge is -2.01. The molecule has 0 bridgehead atoms. The summed E-state index contributed by atoms with van der Waals surface area (Å²) in [5.74, 6) is -0.688. The largest absolute Gasteiger partial charge is 0.457 e. The molecule has 0 unspecified atom stereocenters. The minimum absolute atomic E-state index is 0.0698. The maximum absolute atomic E-state index is 11.4. The van der Waals surface area contributed by atoms with E-state index in [-0.39, 0.29) is 12.2 Å². The van der Waals surface area contributed by atoms with Gasteiger partial charge in [0.05, 0.1) is 0 Å². The molecule has 0 spiro atoms. The Balaban J connectivity index is 2.95. The second-order valence-corrected chi connectivity index (χ2v) is 3.49. The standard InChI is InChI=1S/C13H10ClNO2/c1-2-7-17-13(16)11(9-15)8-10-5-3-4-6-12(10)14/h2-6,8H,1,7H2. The maximum atomic E-state index is 11.4. The second-order valence-electron chi connectivity index (χ2n) is 3.08. The van der Waals surface area contributed by atoms with E-state index in [0.717, 1.165) is 0 Å². The first kappa shape index (κ1) is 13.0. The monoisotopic (exact) mass is 247 g/mol. The first-order valence-electron chi connectivity index (χ1n) is 4.83. The highest BCUT2D eigenvalue weighted by Crippen LogP contribution is 2.18. The topological polar surface area (TPSA) is 50.1 Å². The van der Waals surface area contributed by atoms with Crippen LogP contribution in [-0.2, 0) is 9.53 Å². The molecule has 4 heteroatoms. The molecule has 0 N–H and O–H groups in total. The molecule has 0 heterocycles. The molecular weight excluding hydrogens is 238 g/mol. The van der Waals surface area contributed by atoms with Gasteiger partial charge in [0.2, 0.25) is 0 Å². The van der Waals surface area contributed by atoms with Crippen molar-refractivity contribution in [3.63, 3.8) is 0 Å². The number of ether oxygens (including phenoxy) is 1. The zero-order valence-corrected chi connectivity index (χ0v) is 9.78. The van der Waals surface area contributed by atoms with Gasteiger partial charge in [0, 0.05) is 5.02 Å². The Hall–Kier alpha value is -2.05. The summed E-state index contributed by atoms with van der Waals surface area (Å²) in [5.41, 5.74) is 0.501. The van der Waals surface area contributed by atoms with Gasteiger partial charge in [-0.05, 0) is 17.7 Å². The molecule has 1 aromatic rings. The van der Waals surface area contributed by atoms with Gasteiger partial charge >= 0.3 is 5.97 Å². The molecule has 0 saturated heterocycles. The average Bonchev–Trinajstić information content (AvgIpc) is 2.35. The van der Waals surface area contributed by atoms with Gasteiger partial charge < -0.3 is 4.74 Å². The van der Waals surface area contributed by atoms with Gasteiger partial charge in [-0.15, -0.1) is 0 Å². The van der Waals surface area contributed by atoms with Crippen molar-refractivity contribution in [1.29, 1.82) is 5.26 Å². The number of carbonyl (C=O) groups excluding carboxylic acids is 1. The van der Waals surface area contributed by atoms with Crippen molar-refractivity contribution in [2.24, 2.45) is 0 Å². The maximum Gasteiger partial charge on any atom is 0.349 e. The SMILES string of the molecule is C=CCOC(=O)C(C#N)=Cc1ccccc1Cl. The van der Waals surface area contributed by atoms with Crippen LogP contribution >= 0.6 is 11.6 Å². The van der Waals surface area contributed by atoms with Crippen molar-refractivity contribution in [2.45, 2.75) is 0 Å². The Morgan fingerprint density at radius 2 is 2.24 bits per heavy atom. The normalized spacial score (nSPS) is 10.5. The van der Waals surface area contributed by atoms with E-state index in [9.17, 15) is 4.79 Å². The van der Waals surface area contributed by atoms with E-state index in [1.807, 2.05) is 0 Å². The summed E-state index contributed by atoms with van der Waals surface area (Å²) in [7, 11) is 0. The molecule has 0 saturated carbocycles. The number of benzene rings is 1. The zero-order valence-electron chi connectivity index (χ0n) is 9.02. The quantitative estimate of drug-likeness (QED) is 0.356. The Kier molecular flexibility index (Phi) is 4.99. The molecule has 0 aliphatic carbocycles. The molecule has 0 atom stereocenters. The fourth-order valence-corrected chi connectivity index (χ4v) is 1.29. The minimum atomic E-state index is -0.688. The summed E-state index contributed by atoms with van der Waals surface area (Å²) in [5, 5.41) is 9.33. The molecular formula is C13H10ClNO2. The molecule has 0 amide bonds. The number of hydrogen-bond acceptors (Lipinski definition) is 3. The molecule has 3 nitrogen and oxygen atoms in total. The van der Waals surface area contributed by atoms with E-state index in [1.165, 1.54) is 12.2 Å². The highest BCUT2D eigenvalue weighted by Gasteiger charge is 2.10. The number of carbonyl (C=O) groups is 1. The van der Waals surface area contributed by atoms with Crippen LogP contribution in [0.1, 0.15) is 5.56 Å². The number of hydrogen-bond donors (Lipinski definition) is 0. The van der Waals surface area contributed by atoms with Gasteiger partial charge in [-0.2, -0.15) is 5.26 Å². The van der Waals surface area contributed by atoms with Crippen LogP contribution in [0.3, 0.4) is 0 Å². The fourth-order valence-electron chi connectivity index (χ4n) is 1.10. The zero-order chi connectivity index (χ0) is 12.7. The first-order chi connectivity index (χ1) is 8.19. The van der Waals surface area contributed by atoms with Crippen molar-refractivity contribution in [3.8, 4) is 6.07 Å². The summed E-state index contributed by atoms with van der Waals surface area (Å²) in [6.07, 6.45) is 2.83. The van der Waals surface area contributed by atoms with E-state index < -0.39 is 5.97 Å². The average molecular weight is 248 g/mol. The third kappa shape index (κ3) is 3.78. The van der Waals surface area contributed by atoms with Crippen LogP contribution in [-0.4, -0.2) is 12.6 Å². The van der Waals surface area contributed by atoms with Crippen LogP contribution < -0.4 is 0 Å². The molecule has 0 radical (unpaired) electrons. The predicted molar refractivity (Wildman–Crippen MR) is 66.2 cm³/mol. The minimum Gasteiger partial charge on any atom is -0.457 e. The number of nitrogens with zero attached hydrogens (tertiary/aromatic N) is 1. The molecule has 1 aromatic carbocycles. The van der Waals surface area contributed by atoms with Crippen LogP contribution in [0.2, 0.25) is 5.02 Å². The lowest BCUT2D eigenvalue weighted by Crippen LogP contribution is -2.06. The lowest BCUT2D eigenvalue weighted by molar-refractivity contribution is -0.137. The Morgan fingerprint density at radius 3 is 2.82 bits per heavy atom. The van der Waals surface area contributed by atoms with Crippen LogP contribution in [0.5, 0.6) is 0 Å². The molecule has 1 rings (SSSR count).